The van der Waals surface area contributed by atoms with Gasteiger partial charge in [0.25, 0.3) is 0 Å². The Morgan fingerprint density at radius 2 is 1.88 bits per heavy atom. The lowest BCUT2D eigenvalue weighted by Crippen LogP contribution is -2.40. The first-order valence-corrected chi connectivity index (χ1v) is 5.75. The van der Waals surface area contributed by atoms with Gasteiger partial charge in [-0.25, -0.2) is 4.79 Å². The molecule has 98 valence electrons. The zero-order valence-corrected chi connectivity index (χ0v) is 10.3. The summed E-state index contributed by atoms with van der Waals surface area (Å²) in [5.41, 5.74) is 0. The van der Waals surface area contributed by atoms with E-state index in [4.69, 9.17) is 5.11 Å². The van der Waals surface area contributed by atoms with Gasteiger partial charge < -0.3 is 10.4 Å². The van der Waals surface area contributed by atoms with Crippen LogP contribution in [0.5, 0.6) is 0 Å². The maximum Gasteiger partial charge on any atom is 0.321 e. The van der Waals surface area contributed by atoms with Crippen LogP contribution in [0, 0.1) is 5.92 Å². The quantitative estimate of drug-likeness (QED) is 0.585. The first-order valence-electron chi connectivity index (χ1n) is 5.75. The molecule has 0 aliphatic carbocycles. The topological polar surface area (TPSA) is 95.5 Å². The Morgan fingerprint density at radius 1 is 1.24 bits per heavy atom. The molecule has 0 fully saturated rings. The zero-order valence-electron chi connectivity index (χ0n) is 10.3. The van der Waals surface area contributed by atoms with Crippen LogP contribution < -0.4 is 10.6 Å². The van der Waals surface area contributed by atoms with Gasteiger partial charge in [-0.05, 0) is 12.3 Å². The Bertz CT molecular complexity index is 279. The van der Waals surface area contributed by atoms with Crippen LogP contribution in [0.15, 0.2) is 0 Å². The van der Waals surface area contributed by atoms with E-state index in [0.29, 0.717) is 6.54 Å². The van der Waals surface area contributed by atoms with Gasteiger partial charge in [-0.2, -0.15) is 0 Å². The lowest BCUT2D eigenvalue weighted by Gasteiger charge is -2.09. The molecule has 0 heterocycles. The lowest BCUT2D eigenvalue weighted by molar-refractivity contribution is -0.138. The summed E-state index contributed by atoms with van der Waals surface area (Å²) in [6.45, 7) is 4.18. The molecule has 0 aliphatic heterocycles. The van der Waals surface area contributed by atoms with Crippen molar-refractivity contribution >= 4 is 17.9 Å². The molecule has 6 nitrogen and oxygen atoms in total. The standard InChI is InChI=1S/C11H20N2O4/c1-3-4-5-12-11(17)13-9(14)6-8(2)7-10(15)16/h8H,3-7H2,1-2H3,(H,15,16)(H2,12,13,14,17). The van der Waals surface area contributed by atoms with Crippen LogP contribution in [0.1, 0.15) is 39.5 Å². The molecule has 0 spiro atoms. The van der Waals surface area contributed by atoms with Crippen LogP contribution in [-0.2, 0) is 9.59 Å². The van der Waals surface area contributed by atoms with E-state index in [1.807, 2.05) is 6.92 Å². The van der Waals surface area contributed by atoms with Crippen molar-refractivity contribution in [1.82, 2.24) is 10.6 Å². The fourth-order valence-corrected chi connectivity index (χ4v) is 1.29. The predicted molar refractivity (Wildman–Crippen MR) is 62.5 cm³/mol. The van der Waals surface area contributed by atoms with Crippen molar-refractivity contribution in [3.05, 3.63) is 0 Å². The number of hydrogen-bond donors (Lipinski definition) is 3. The van der Waals surface area contributed by atoms with Gasteiger partial charge in [0.05, 0.1) is 0 Å². The third kappa shape index (κ3) is 9.35. The third-order valence-corrected chi connectivity index (χ3v) is 2.13. The molecular formula is C11H20N2O4. The summed E-state index contributed by atoms with van der Waals surface area (Å²) >= 11 is 0. The minimum Gasteiger partial charge on any atom is -0.481 e. The van der Waals surface area contributed by atoms with Crippen molar-refractivity contribution < 1.29 is 19.5 Å². The van der Waals surface area contributed by atoms with Gasteiger partial charge in [0.15, 0.2) is 0 Å². The van der Waals surface area contributed by atoms with Crippen molar-refractivity contribution in [3.63, 3.8) is 0 Å². The first-order chi connectivity index (χ1) is 7.95. The van der Waals surface area contributed by atoms with Crippen LogP contribution in [-0.4, -0.2) is 29.6 Å². The van der Waals surface area contributed by atoms with Gasteiger partial charge in [-0.1, -0.05) is 20.3 Å². The molecular weight excluding hydrogens is 224 g/mol. The van der Waals surface area contributed by atoms with Crippen molar-refractivity contribution in [1.29, 1.82) is 0 Å². The SMILES string of the molecule is CCCCNC(=O)NC(=O)CC(C)CC(=O)O. The molecule has 1 unspecified atom stereocenters. The van der Waals surface area contributed by atoms with Crippen molar-refractivity contribution in [3.8, 4) is 0 Å². The first kappa shape index (κ1) is 15.4. The smallest absolute Gasteiger partial charge is 0.321 e. The number of unbranched alkanes of at least 4 members (excludes halogenated alkanes) is 1. The van der Waals surface area contributed by atoms with Gasteiger partial charge >= 0.3 is 12.0 Å². The molecule has 0 aromatic rings. The number of rotatable bonds is 7. The maximum atomic E-state index is 11.3. The second kappa shape index (κ2) is 8.55. The van der Waals surface area contributed by atoms with E-state index in [2.05, 4.69) is 10.6 Å². The number of aliphatic carboxylic acids is 1. The monoisotopic (exact) mass is 244 g/mol. The number of carboxylic acids is 1. The summed E-state index contributed by atoms with van der Waals surface area (Å²) in [5.74, 6) is -1.68. The fraction of sp³-hybridized carbons (Fsp3) is 0.727. The van der Waals surface area contributed by atoms with Crippen LogP contribution in [0.4, 0.5) is 4.79 Å². The highest BCUT2D eigenvalue weighted by atomic mass is 16.4. The molecule has 3 N–H and O–H groups in total. The van der Waals surface area contributed by atoms with Crippen LogP contribution in [0.3, 0.4) is 0 Å². The van der Waals surface area contributed by atoms with Gasteiger partial charge in [0, 0.05) is 19.4 Å². The van der Waals surface area contributed by atoms with Gasteiger partial charge in [-0.15, -0.1) is 0 Å². The number of hydrogen-bond acceptors (Lipinski definition) is 3. The molecule has 3 amide bonds. The van der Waals surface area contributed by atoms with E-state index in [1.165, 1.54) is 0 Å². The summed E-state index contributed by atoms with van der Waals surface area (Å²) in [4.78, 5) is 32.9. The van der Waals surface area contributed by atoms with Crippen molar-refractivity contribution in [2.45, 2.75) is 39.5 Å². The summed E-state index contributed by atoms with van der Waals surface area (Å²) in [5, 5.41) is 13.2. The van der Waals surface area contributed by atoms with Gasteiger partial charge in [0.2, 0.25) is 5.91 Å². The second-order valence-electron chi connectivity index (χ2n) is 4.06. The molecule has 0 aliphatic rings. The number of amides is 3. The minimum atomic E-state index is -0.947. The van der Waals surface area contributed by atoms with Gasteiger partial charge in [0.1, 0.15) is 0 Å². The Hall–Kier alpha value is -1.59. The Balaban J connectivity index is 3.77. The second-order valence-corrected chi connectivity index (χ2v) is 4.06. The Morgan fingerprint density at radius 3 is 2.41 bits per heavy atom. The molecule has 0 rings (SSSR count). The number of carbonyl (C=O) groups excluding carboxylic acids is 2. The Labute approximate surface area is 101 Å². The fourth-order valence-electron chi connectivity index (χ4n) is 1.29. The highest BCUT2D eigenvalue weighted by molar-refractivity contribution is 5.94. The summed E-state index contributed by atoms with van der Waals surface area (Å²) < 4.78 is 0. The number of carboxylic acid groups (broad SMARTS) is 1. The largest absolute Gasteiger partial charge is 0.481 e. The van der Waals surface area contributed by atoms with E-state index in [0.717, 1.165) is 12.8 Å². The summed E-state index contributed by atoms with van der Waals surface area (Å²) in [6, 6.07) is -0.522. The summed E-state index contributed by atoms with van der Waals surface area (Å²) in [6.07, 6.45) is 1.78. The highest BCUT2D eigenvalue weighted by Gasteiger charge is 2.14. The normalized spacial score (nSPS) is 11.6. The average molecular weight is 244 g/mol. The lowest BCUT2D eigenvalue weighted by atomic mass is 10.0. The Kier molecular flexibility index (Phi) is 7.75. The molecule has 0 aromatic heterocycles. The molecule has 6 heteroatoms. The molecule has 0 saturated heterocycles. The summed E-state index contributed by atoms with van der Waals surface area (Å²) in [7, 11) is 0. The van der Waals surface area contributed by atoms with Crippen LogP contribution >= 0.6 is 0 Å². The van der Waals surface area contributed by atoms with E-state index < -0.39 is 17.9 Å². The molecule has 0 bridgehead atoms. The zero-order chi connectivity index (χ0) is 13.3. The molecule has 0 radical (unpaired) electrons. The van der Waals surface area contributed by atoms with Crippen LogP contribution in [0.25, 0.3) is 0 Å². The number of nitrogens with one attached hydrogen (secondary N) is 2. The van der Waals surface area contributed by atoms with Gasteiger partial charge in [-0.3, -0.25) is 14.9 Å². The van der Waals surface area contributed by atoms with Crippen molar-refractivity contribution in [2.75, 3.05) is 6.54 Å². The predicted octanol–water partition coefficient (Wildman–Crippen LogP) is 1.11. The van der Waals surface area contributed by atoms with E-state index in [-0.39, 0.29) is 18.8 Å². The minimum absolute atomic E-state index is 0.0352. The molecule has 17 heavy (non-hydrogen) atoms. The molecule has 1 atom stereocenters. The third-order valence-electron chi connectivity index (χ3n) is 2.13. The van der Waals surface area contributed by atoms with E-state index >= 15 is 0 Å². The number of carbonyl (C=O) groups is 3. The van der Waals surface area contributed by atoms with Crippen molar-refractivity contribution in [2.24, 2.45) is 5.92 Å². The maximum absolute atomic E-state index is 11.3. The molecule has 0 saturated carbocycles. The van der Waals surface area contributed by atoms with Crippen LogP contribution in [0.2, 0.25) is 0 Å². The van der Waals surface area contributed by atoms with E-state index in [9.17, 15) is 14.4 Å². The highest BCUT2D eigenvalue weighted by Crippen LogP contribution is 2.06. The van der Waals surface area contributed by atoms with E-state index in [1.54, 1.807) is 6.92 Å². The molecule has 0 aromatic carbocycles. The number of imide groups is 1. The number of urea groups is 1. The average Bonchev–Trinajstić information content (AvgIpc) is 2.15.